The Morgan fingerprint density at radius 1 is 0.275 bits per heavy atom. The first-order chi connectivity index (χ1) is 47.4. The number of carbonyl (C=O) groups excluding carboxylic acids is 4. The van der Waals surface area contributed by atoms with E-state index in [1.165, 1.54) is 153 Å². The van der Waals surface area contributed by atoms with Gasteiger partial charge in [0.05, 0.1) is 110 Å². The predicted octanol–water partition coefficient (Wildman–Crippen LogP) is 16.9. The van der Waals surface area contributed by atoms with Gasteiger partial charge in [-0.2, -0.15) is 0 Å². The summed E-state index contributed by atoms with van der Waals surface area (Å²) in [5, 5.41) is 0. The fourth-order valence-corrected chi connectivity index (χ4v) is 13.5. The van der Waals surface area contributed by atoms with Crippen LogP contribution in [0.1, 0.15) is 278 Å². The molecule has 13 nitrogen and oxygen atoms in total. The van der Waals surface area contributed by atoms with E-state index >= 15 is 0 Å². The highest BCUT2D eigenvalue weighted by molar-refractivity contribution is 5.75. The molecular weight excluding hydrogens is 1330 g/mol. The second-order valence-electron chi connectivity index (χ2n) is 34.8. The molecule has 0 aromatic heterocycles. The van der Waals surface area contributed by atoms with E-state index in [-0.39, 0.29) is 40.9 Å². The Labute approximate surface area is 634 Å². The van der Waals surface area contributed by atoms with Crippen molar-refractivity contribution in [1.82, 2.24) is 0 Å². The number of halogens is 1. The number of unbranched alkanes of at least 4 members (excludes halogenated alkanes) is 21. The minimum atomic E-state index is -0.163. The van der Waals surface area contributed by atoms with Gasteiger partial charge in [-0.05, 0) is 197 Å². The van der Waals surface area contributed by atoms with Crippen molar-refractivity contribution in [1.29, 1.82) is 0 Å². The Bertz CT molecular complexity index is 3070. The monoisotopic (exact) mass is 1480 g/mol. The van der Waals surface area contributed by atoms with Crippen molar-refractivity contribution in [3.05, 3.63) is 117 Å². The Balaban J connectivity index is 0.000000709. The third-order valence-corrected chi connectivity index (χ3v) is 20.3. The summed E-state index contributed by atoms with van der Waals surface area (Å²) >= 11 is 0. The molecule has 102 heavy (non-hydrogen) atoms. The zero-order chi connectivity index (χ0) is 75.4. The number of hydrogen-bond acceptors (Lipinski definition) is 8. The maximum atomic E-state index is 12.8. The van der Waals surface area contributed by atoms with Crippen LogP contribution in [0, 0.1) is 27.7 Å². The summed E-state index contributed by atoms with van der Waals surface area (Å²) in [7, 11) is 21.9. The van der Waals surface area contributed by atoms with Gasteiger partial charge in [0, 0.05) is 0 Å². The van der Waals surface area contributed by atoms with Crippen LogP contribution >= 0.6 is 0 Å². The number of ether oxygens (including phenoxy) is 4. The molecule has 0 N–H and O–H groups in total. The highest BCUT2D eigenvalue weighted by atomic mass is 79.9. The number of rotatable bonds is 49. The first-order valence-electron chi connectivity index (χ1n) is 39.7. The van der Waals surface area contributed by atoms with E-state index in [0.29, 0.717) is 85.0 Å². The molecule has 0 radical (unpaired) electrons. The van der Waals surface area contributed by atoms with Crippen LogP contribution in [0.4, 0.5) is 0 Å². The molecule has 4 aromatic carbocycles. The molecule has 0 bridgehead atoms. The first-order valence-corrected chi connectivity index (χ1v) is 39.7. The van der Waals surface area contributed by atoms with E-state index in [1.807, 2.05) is 64.1 Å². The number of nitrogens with zero attached hydrogens (tertiary/aromatic N) is 5. The molecule has 0 amide bonds. The number of hydrogen-bond donors (Lipinski definition) is 0. The highest BCUT2D eigenvalue weighted by Crippen LogP contribution is 2.31. The van der Waals surface area contributed by atoms with Crippen LogP contribution in [0.25, 0.3) is 0 Å². The number of likely N-dealkylation sites (N-methyl/N-ethyl adjacent to an activating group) is 4. The van der Waals surface area contributed by atoms with E-state index < -0.39 is 0 Å². The fourth-order valence-electron chi connectivity index (χ4n) is 13.5. The number of carbonyl (C=O) groups is 4. The van der Waals surface area contributed by atoms with Gasteiger partial charge >= 0.3 is 23.9 Å². The molecule has 0 aliphatic heterocycles. The van der Waals surface area contributed by atoms with Gasteiger partial charge in [-0.15, -0.1) is 0 Å². The first kappa shape index (κ1) is 93.1. The van der Waals surface area contributed by atoms with Gasteiger partial charge in [0.15, 0.2) is 26.2 Å². The van der Waals surface area contributed by atoms with Crippen molar-refractivity contribution in [2.45, 2.75) is 261 Å². The van der Waals surface area contributed by atoms with Crippen LogP contribution in [0.15, 0.2) is 72.8 Å². The lowest BCUT2D eigenvalue weighted by Gasteiger charge is -2.30. The molecule has 0 aliphatic carbocycles. The van der Waals surface area contributed by atoms with Crippen LogP contribution in [-0.2, 0) is 19.2 Å². The molecule has 0 unspecified atom stereocenters. The summed E-state index contributed by atoms with van der Waals surface area (Å²) in [5.74, 6) is 3.65. The van der Waals surface area contributed by atoms with Crippen LogP contribution in [0.2, 0.25) is 0 Å². The second-order valence-corrected chi connectivity index (χ2v) is 34.8. The van der Waals surface area contributed by atoms with Gasteiger partial charge in [-0.3, -0.25) is 0 Å². The highest BCUT2D eigenvalue weighted by Gasteiger charge is 2.27. The second kappa shape index (κ2) is 47.6. The van der Waals surface area contributed by atoms with Gasteiger partial charge in [-0.1, -0.05) is 181 Å². The Morgan fingerprint density at radius 3 is 0.716 bits per heavy atom. The van der Waals surface area contributed by atoms with Crippen LogP contribution in [0.3, 0.4) is 0 Å². The summed E-state index contributed by atoms with van der Waals surface area (Å²) < 4.78 is 27.0. The minimum absolute atomic E-state index is 0. The lowest BCUT2D eigenvalue weighted by molar-refractivity contribution is -0.890. The van der Waals surface area contributed by atoms with Gasteiger partial charge in [0.25, 0.3) is 0 Å². The van der Waals surface area contributed by atoms with Crippen molar-refractivity contribution in [3.63, 3.8) is 0 Å². The molecule has 0 atom stereocenters. The zero-order valence-corrected chi connectivity index (χ0v) is 70.7. The average Bonchev–Trinajstić information content (AvgIpc) is 0.865. The Kier molecular flexibility index (Phi) is 43.4. The predicted molar refractivity (Wildman–Crippen MR) is 424 cm³/mol. The smallest absolute Gasteiger partial charge is 0.367 e. The van der Waals surface area contributed by atoms with Gasteiger partial charge in [0.1, 0.15) is 23.0 Å². The molecule has 0 heterocycles. The maximum absolute atomic E-state index is 12.8. The lowest BCUT2D eigenvalue weighted by Crippen LogP contribution is -3.00. The van der Waals surface area contributed by atoms with E-state index in [9.17, 15) is 19.2 Å². The number of esters is 4. The average molecular weight is 1490 g/mol. The Morgan fingerprint density at radius 2 is 0.490 bits per heavy atom. The minimum Gasteiger partial charge on any atom is -1.00 e. The fraction of sp³-hybridized carbons (Fsp3) is 0.682. The molecule has 578 valence electrons. The van der Waals surface area contributed by atoms with Crippen LogP contribution in [0.5, 0.6) is 23.0 Å². The summed E-state index contributed by atoms with van der Waals surface area (Å²) in [5.41, 5.74) is 8.78. The molecule has 14 heteroatoms. The van der Waals surface area contributed by atoms with Crippen molar-refractivity contribution in [2.24, 2.45) is 0 Å². The summed E-state index contributed by atoms with van der Waals surface area (Å²) in [6.45, 7) is 33.3. The number of quaternary nitrogens is 5. The molecule has 0 saturated carbocycles. The third-order valence-electron chi connectivity index (χ3n) is 20.3. The summed E-state index contributed by atoms with van der Waals surface area (Å²) in [6, 6.07) is 24.6. The summed E-state index contributed by atoms with van der Waals surface area (Å²) in [6.07, 6.45) is 30.3. The van der Waals surface area contributed by atoms with Gasteiger partial charge in [-0.25, -0.2) is 19.2 Å². The molecule has 0 saturated heterocycles. The zero-order valence-electron chi connectivity index (χ0n) is 69.2. The van der Waals surface area contributed by atoms with Crippen molar-refractivity contribution >= 4 is 23.9 Å². The lowest BCUT2D eigenvalue weighted by atomic mass is 10.0. The molecule has 0 spiro atoms. The van der Waals surface area contributed by atoms with Gasteiger partial charge < -0.3 is 58.3 Å². The largest absolute Gasteiger partial charge is 1.00 e. The van der Waals surface area contributed by atoms with Crippen LogP contribution < -0.4 is 35.9 Å². The molecule has 0 aliphatic rings. The van der Waals surface area contributed by atoms with E-state index in [2.05, 4.69) is 162 Å². The maximum Gasteiger partial charge on any atom is 0.367 e. The van der Waals surface area contributed by atoms with Gasteiger partial charge in [0.2, 0.25) is 0 Å². The topological polar surface area (TPSA) is 105 Å². The van der Waals surface area contributed by atoms with Crippen molar-refractivity contribution in [3.8, 4) is 23.0 Å². The molecule has 4 rings (SSSR count). The Hall–Kier alpha value is -4.96. The number of aryl methyl sites for hydroxylation is 4. The summed E-state index contributed by atoms with van der Waals surface area (Å²) in [4.78, 5) is 51.0. The van der Waals surface area contributed by atoms with E-state index in [4.69, 9.17) is 18.9 Å². The quantitative estimate of drug-likeness (QED) is 0.0186. The number of benzene rings is 4. The van der Waals surface area contributed by atoms with E-state index in [0.717, 1.165) is 95.5 Å². The standard InChI is InChI=1S/C50H88N3O4.C38H62N2O4.BrH/c1-41(2)45-31-30-44(6)47(38-45)56-49(54)39-52(9,10)35-27-23-19-15-13-17-21-25-33-51(7,8)34-26-22-18-14-16-20-24-28-36-53(11,12)40-50(55)57-48-37-43(5)29-32-46(48)42(3)4;1-29(2)33-21-20-32(6)35(26-33)43-37(41)27-39(7,8)23-17-15-13-11-12-14-16-18-24-40(9,10)28-38(42)44-36-25-31(5)19-22-34(36)30(3)4;/h29-32,37-38,41-42H,13-28,33-36,39-40H2,1-12H3;19-22,25-26,29-30H,11-18,23-24,27-28H2,1-10H3;1H/q+3;+2;/p-1. The normalized spacial score (nSPS) is 12.2. The van der Waals surface area contributed by atoms with Crippen molar-refractivity contribution < 1.29 is 77.5 Å². The third kappa shape index (κ3) is 40.5. The van der Waals surface area contributed by atoms with E-state index in [1.54, 1.807) is 0 Å². The molecule has 0 fully saturated rings. The van der Waals surface area contributed by atoms with Crippen LogP contribution in [-0.4, -0.2) is 182 Å². The SMILES string of the molecule is Cc1ccc(C(C)C)c(OC(=O)C[N+](C)(C)CCCCCCCCCC[N+](C)(C)CC(=O)Oc2cc(C(C)C)ccc2C)c1.Cc1ccc(C(C)C)c(OC(=O)C[N+](C)(C)CCCCCCCCCC[N+](C)(C)CCCCCCCCCC[N+](C)(C)CC(=O)Oc2cc(C(C)C)ccc2C)c1.[Br-]. The molecular formula is C88H150BrN5O8+4. The molecule has 4 aromatic rings. The van der Waals surface area contributed by atoms with Crippen molar-refractivity contribution in [2.75, 3.05) is 136 Å².